The van der Waals surface area contributed by atoms with Gasteiger partial charge in [0.25, 0.3) is 0 Å². The van der Waals surface area contributed by atoms with Gasteiger partial charge >= 0.3 is 0 Å². The summed E-state index contributed by atoms with van der Waals surface area (Å²) in [4.78, 5) is 0. The minimum atomic E-state index is -2.16. The van der Waals surface area contributed by atoms with Gasteiger partial charge in [0.15, 0.2) is 0 Å². The van der Waals surface area contributed by atoms with Crippen LogP contribution >= 0.6 is 0 Å². The van der Waals surface area contributed by atoms with Gasteiger partial charge in [0.2, 0.25) is 0 Å². The van der Waals surface area contributed by atoms with Gasteiger partial charge < -0.3 is 5.11 Å². The molecule has 0 bridgehead atoms. The smallest absolute Gasteiger partial charge is 0.0619 e. The summed E-state index contributed by atoms with van der Waals surface area (Å²) in [5.74, 6) is 0. The zero-order valence-corrected chi connectivity index (χ0v) is 3.57. The van der Waals surface area contributed by atoms with Crippen LogP contribution in [-0.2, 0) is 0 Å². The molecule has 1 aliphatic carbocycles. The van der Waals surface area contributed by atoms with Crippen LogP contribution in [0.4, 0.5) is 0 Å². The lowest BCUT2D eigenvalue weighted by atomic mass is 9.82. The van der Waals surface area contributed by atoms with E-state index in [2.05, 4.69) is 0 Å². The molecule has 0 amide bonds. The van der Waals surface area contributed by atoms with Crippen LogP contribution in [0, 0.1) is 0 Å². The molecule has 0 aromatic rings. The molecule has 1 saturated carbocycles. The van der Waals surface area contributed by atoms with Crippen LogP contribution in [0.2, 0.25) is 0 Å². The van der Waals surface area contributed by atoms with Crippen LogP contribution in [0.1, 0.15) is 30.2 Å². The highest BCUT2D eigenvalue weighted by atomic mass is 16.3. The van der Waals surface area contributed by atoms with Crippen molar-refractivity contribution in [3.8, 4) is 0 Å². The average molecular weight is 89.2 g/mol. The molecule has 0 radical (unpaired) electrons. The normalized spacial score (nSPS) is 38.5. The van der Waals surface area contributed by atoms with Gasteiger partial charge in [-0.1, -0.05) is 0 Å². The van der Waals surface area contributed by atoms with E-state index in [1.165, 1.54) is 0 Å². The zero-order valence-electron chi connectivity index (χ0n) is 6.57. The van der Waals surface area contributed by atoms with Crippen LogP contribution in [0.25, 0.3) is 0 Å². The fourth-order valence-electron chi connectivity index (χ4n) is 0.512. The molecule has 0 aromatic carbocycles. The Morgan fingerprint density at radius 2 is 2.50 bits per heavy atom. The van der Waals surface area contributed by atoms with E-state index in [0.29, 0.717) is 12.8 Å². The van der Waals surface area contributed by atoms with E-state index in [1.807, 2.05) is 0 Å². The van der Waals surface area contributed by atoms with Gasteiger partial charge in [-0.15, -0.1) is 0 Å². The molecule has 1 nitrogen and oxygen atoms in total. The van der Waals surface area contributed by atoms with Gasteiger partial charge in [0.1, 0.15) is 0 Å². The SMILES string of the molecule is [2H]C([2H])([2H])C1(O)CCC1. The van der Waals surface area contributed by atoms with E-state index >= 15 is 0 Å². The highest BCUT2D eigenvalue weighted by Crippen LogP contribution is 2.29. The molecule has 6 heavy (non-hydrogen) atoms. The molecule has 1 heteroatoms. The Bertz CT molecular complexity index is 114. The maximum absolute atomic E-state index is 9.18. The van der Waals surface area contributed by atoms with Crippen molar-refractivity contribution in [1.82, 2.24) is 0 Å². The summed E-state index contributed by atoms with van der Waals surface area (Å²) in [6.45, 7) is -2.16. The summed E-state index contributed by atoms with van der Waals surface area (Å²) >= 11 is 0. The Balaban J connectivity index is 2.59. The third-order valence-electron chi connectivity index (χ3n) is 1.18. The van der Waals surface area contributed by atoms with Crippen molar-refractivity contribution in [3.05, 3.63) is 0 Å². The minimum absolute atomic E-state index is 0.434. The first-order valence-electron chi connectivity index (χ1n) is 3.68. The number of hydrogen-bond acceptors (Lipinski definition) is 1. The van der Waals surface area contributed by atoms with Gasteiger partial charge in [-0.25, -0.2) is 0 Å². The zero-order chi connectivity index (χ0) is 7.12. The fraction of sp³-hybridized carbons (Fsp3) is 1.00. The minimum Gasteiger partial charge on any atom is -0.390 e. The molecule has 0 spiro atoms. The second-order valence-electron chi connectivity index (χ2n) is 1.89. The van der Waals surface area contributed by atoms with E-state index in [9.17, 15) is 5.11 Å². The second-order valence-corrected chi connectivity index (χ2v) is 1.89. The molecular weight excluding hydrogens is 76.1 g/mol. The van der Waals surface area contributed by atoms with Crippen LogP contribution < -0.4 is 0 Å². The lowest BCUT2D eigenvalue weighted by molar-refractivity contribution is -0.0147. The summed E-state index contributed by atoms with van der Waals surface area (Å²) in [5, 5.41) is 9.18. The third-order valence-corrected chi connectivity index (χ3v) is 1.18. The van der Waals surface area contributed by atoms with Crippen molar-refractivity contribution in [2.75, 3.05) is 0 Å². The van der Waals surface area contributed by atoms with Crippen LogP contribution in [0.15, 0.2) is 0 Å². The topological polar surface area (TPSA) is 20.2 Å². The van der Waals surface area contributed by atoms with E-state index < -0.39 is 12.5 Å². The molecule has 36 valence electrons. The van der Waals surface area contributed by atoms with E-state index in [4.69, 9.17) is 4.11 Å². The van der Waals surface area contributed by atoms with Crippen molar-refractivity contribution >= 4 is 0 Å². The van der Waals surface area contributed by atoms with Crippen LogP contribution in [0.5, 0.6) is 0 Å². The Labute approximate surface area is 42.2 Å². The van der Waals surface area contributed by atoms with E-state index in [1.54, 1.807) is 0 Å². The summed E-state index contributed by atoms with van der Waals surface area (Å²) in [6.07, 6.45) is 1.71. The van der Waals surface area contributed by atoms with Crippen molar-refractivity contribution in [2.45, 2.75) is 31.7 Å². The first-order valence-corrected chi connectivity index (χ1v) is 2.18. The molecule has 0 saturated heterocycles. The molecule has 0 aliphatic heterocycles. The van der Waals surface area contributed by atoms with Crippen molar-refractivity contribution < 1.29 is 9.22 Å². The predicted molar refractivity (Wildman–Crippen MR) is 24.5 cm³/mol. The molecule has 1 N–H and O–H groups in total. The molecule has 1 aliphatic rings. The summed E-state index contributed by atoms with van der Waals surface area (Å²) in [6, 6.07) is 0. The summed E-state index contributed by atoms with van der Waals surface area (Å²) in [5.41, 5.74) is -1.34. The van der Waals surface area contributed by atoms with Gasteiger partial charge in [-0.05, 0) is 26.1 Å². The monoisotopic (exact) mass is 89.1 g/mol. The summed E-state index contributed by atoms with van der Waals surface area (Å²) in [7, 11) is 0. The number of rotatable bonds is 0. The van der Waals surface area contributed by atoms with Crippen LogP contribution in [0.3, 0.4) is 0 Å². The number of hydrogen-bond donors (Lipinski definition) is 1. The lowest BCUT2D eigenvalue weighted by Gasteiger charge is -2.31. The molecule has 0 heterocycles. The largest absolute Gasteiger partial charge is 0.390 e. The second kappa shape index (κ2) is 0.969. The van der Waals surface area contributed by atoms with Gasteiger partial charge in [0.05, 0.1) is 5.60 Å². The average Bonchev–Trinajstić information content (AvgIpc) is 1.57. The first-order chi connectivity index (χ1) is 3.96. The molecule has 0 unspecified atom stereocenters. The van der Waals surface area contributed by atoms with E-state index in [-0.39, 0.29) is 0 Å². The Morgan fingerprint density at radius 3 is 2.50 bits per heavy atom. The highest BCUT2D eigenvalue weighted by Gasteiger charge is 2.27. The van der Waals surface area contributed by atoms with Gasteiger partial charge in [0, 0.05) is 4.11 Å². The first kappa shape index (κ1) is 1.83. The molecule has 1 rings (SSSR count). The number of aliphatic hydroxyl groups is 1. The molecule has 1 fully saturated rings. The maximum atomic E-state index is 9.18. The van der Waals surface area contributed by atoms with E-state index in [0.717, 1.165) is 6.42 Å². The highest BCUT2D eigenvalue weighted by molar-refractivity contribution is 4.81. The Morgan fingerprint density at radius 1 is 1.83 bits per heavy atom. The fourth-order valence-corrected chi connectivity index (χ4v) is 0.512. The molecule has 0 aromatic heterocycles. The Kier molecular flexibility index (Phi) is 0.295. The molecular formula is C5H10O. The predicted octanol–water partition coefficient (Wildman–Crippen LogP) is 0.921. The van der Waals surface area contributed by atoms with Gasteiger partial charge in [-0.3, -0.25) is 0 Å². The Hall–Kier alpha value is -0.0400. The van der Waals surface area contributed by atoms with Crippen molar-refractivity contribution in [1.29, 1.82) is 0 Å². The molecule has 0 atom stereocenters. The van der Waals surface area contributed by atoms with Crippen molar-refractivity contribution in [3.63, 3.8) is 0 Å². The third kappa shape index (κ3) is 0.548. The quantitative estimate of drug-likeness (QED) is 0.468. The summed E-state index contributed by atoms with van der Waals surface area (Å²) < 4.78 is 20.6. The standard InChI is InChI=1S/C5H10O/c1-5(6)3-2-4-5/h6H,2-4H2,1H3/i1D3. The van der Waals surface area contributed by atoms with Crippen molar-refractivity contribution in [2.24, 2.45) is 0 Å². The lowest BCUT2D eigenvalue weighted by Crippen LogP contribution is -2.32. The van der Waals surface area contributed by atoms with Crippen LogP contribution in [-0.4, -0.2) is 10.7 Å². The maximum Gasteiger partial charge on any atom is 0.0619 e. The van der Waals surface area contributed by atoms with Gasteiger partial charge in [-0.2, -0.15) is 0 Å².